The number of carbonyl (C=O) groups excluding carboxylic acids is 2. The predicted molar refractivity (Wildman–Crippen MR) is 114 cm³/mol. The quantitative estimate of drug-likeness (QED) is 0.358. The van der Waals surface area contributed by atoms with Crippen molar-refractivity contribution in [2.24, 2.45) is 5.10 Å². The fourth-order valence-corrected chi connectivity index (χ4v) is 2.82. The number of carbonyl (C=O) groups is 2. The average molecular weight is 448 g/mol. The monoisotopic (exact) mass is 447 g/mol. The third-order valence-corrected chi connectivity index (χ3v) is 4.31. The van der Waals surface area contributed by atoms with Crippen molar-refractivity contribution in [2.45, 2.75) is 26.7 Å². The number of nitro benzene ring substituents is 2. The van der Waals surface area contributed by atoms with E-state index in [-0.39, 0.29) is 17.9 Å². The van der Waals surface area contributed by atoms with Crippen LogP contribution in [0.3, 0.4) is 0 Å². The minimum atomic E-state index is -0.798. The number of benzene rings is 2. The van der Waals surface area contributed by atoms with E-state index in [2.05, 4.69) is 15.8 Å². The number of anilines is 1. The molecule has 2 aromatic rings. The molecular formula is C19H18ClN5O6. The topological polar surface area (TPSA) is 157 Å². The highest BCUT2D eigenvalue weighted by molar-refractivity contribution is 6.30. The van der Waals surface area contributed by atoms with Gasteiger partial charge in [0.1, 0.15) is 0 Å². The van der Waals surface area contributed by atoms with Crippen molar-refractivity contribution in [3.63, 3.8) is 0 Å². The van der Waals surface area contributed by atoms with Crippen molar-refractivity contribution < 1.29 is 19.4 Å². The van der Waals surface area contributed by atoms with Crippen molar-refractivity contribution in [1.82, 2.24) is 5.43 Å². The van der Waals surface area contributed by atoms with Gasteiger partial charge in [-0.05, 0) is 43.7 Å². The number of hydrogen-bond acceptors (Lipinski definition) is 7. The lowest BCUT2D eigenvalue weighted by molar-refractivity contribution is -0.394. The fraction of sp³-hybridized carbons (Fsp3) is 0.211. The lowest BCUT2D eigenvalue weighted by atomic mass is 10.1. The Labute approximate surface area is 181 Å². The van der Waals surface area contributed by atoms with Gasteiger partial charge in [0.25, 0.3) is 11.4 Å². The lowest BCUT2D eigenvalue weighted by Crippen LogP contribution is -2.23. The van der Waals surface area contributed by atoms with Crippen LogP contribution in [0, 0.1) is 27.2 Å². The van der Waals surface area contributed by atoms with Crippen molar-refractivity contribution >= 4 is 46.2 Å². The molecule has 0 saturated carbocycles. The summed E-state index contributed by atoms with van der Waals surface area (Å²) in [6.07, 6.45) is -0.513. The van der Waals surface area contributed by atoms with Gasteiger partial charge < -0.3 is 5.32 Å². The summed E-state index contributed by atoms with van der Waals surface area (Å²) in [7, 11) is 0. The molecule has 0 radical (unpaired) electrons. The number of non-ortho nitro benzene ring substituents is 1. The molecule has 2 rings (SSSR count). The van der Waals surface area contributed by atoms with Crippen LogP contribution in [0.4, 0.5) is 17.1 Å². The molecule has 2 amide bonds. The van der Waals surface area contributed by atoms with Gasteiger partial charge >= 0.3 is 0 Å². The maximum Gasteiger partial charge on any atom is 0.279 e. The standard InChI is InChI=1S/C19H18ClN5O6/c1-11-7-14(20)4-6-16(11)21-18(26)8-12(2)22-23-19(27)9-13-3-5-15(24(28)29)10-17(13)25(30)31/h3-7,10H,8-9H2,1-2H3,(H,21,26)(H,23,27)/b22-12+. The van der Waals surface area contributed by atoms with Crippen molar-refractivity contribution in [3.8, 4) is 0 Å². The second-order valence-electron chi connectivity index (χ2n) is 6.57. The molecule has 0 heterocycles. The van der Waals surface area contributed by atoms with Crippen LogP contribution in [0.5, 0.6) is 0 Å². The van der Waals surface area contributed by atoms with Crippen LogP contribution in [0.25, 0.3) is 0 Å². The number of nitrogens with one attached hydrogen (secondary N) is 2. The van der Waals surface area contributed by atoms with Gasteiger partial charge in [-0.2, -0.15) is 5.10 Å². The lowest BCUT2D eigenvalue weighted by Gasteiger charge is -2.09. The molecule has 0 unspecified atom stereocenters. The van der Waals surface area contributed by atoms with E-state index in [4.69, 9.17) is 11.6 Å². The number of hydrazone groups is 1. The molecule has 0 aliphatic rings. The highest BCUT2D eigenvalue weighted by Gasteiger charge is 2.21. The molecule has 0 atom stereocenters. The van der Waals surface area contributed by atoms with Crippen LogP contribution in [-0.4, -0.2) is 27.4 Å². The average Bonchev–Trinajstić information content (AvgIpc) is 2.68. The van der Waals surface area contributed by atoms with Gasteiger partial charge in [-0.15, -0.1) is 0 Å². The van der Waals surface area contributed by atoms with Gasteiger partial charge in [0.2, 0.25) is 11.8 Å². The summed E-state index contributed by atoms with van der Waals surface area (Å²) in [4.78, 5) is 44.6. The Bertz CT molecular complexity index is 1090. The van der Waals surface area contributed by atoms with E-state index < -0.39 is 33.5 Å². The van der Waals surface area contributed by atoms with Gasteiger partial charge in [0, 0.05) is 28.1 Å². The Kier molecular flexibility index (Phi) is 7.75. The summed E-state index contributed by atoms with van der Waals surface area (Å²) in [5.41, 5.74) is 2.90. The number of halogens is 1. The Morgan fingerprint density at radius 2 is 1.77 bits per heavy atom. The first-order valence-electron chi connectivity index (χ1n) is 8.86. The number of rotatable bonds is 8. The Morgan fingerprint density at radius 3 is 2.39 bits per heavy atom. The highest BCUT2D eigenvalue weighted by Crippen LogP contribution is 2.25. The number of amides is 2. The molecule has 0 aliphatic carbocycles. The Balaban J connectivity index is 1.97. The molecule has 2 N–H and O–H groups in total. The number of hydrogen-bond donors (Lipinski definition) is 2. The van der Waals surface area contributed by atoms with Crippen LogP contribution in [0.15, 0.2) is 41.5 Å². The third-order valence-electron chi connectivity index (χ3n) is 4.08. The third kappa shape index (κ3) is 6.85. The molecule has 0 saturated heterocycles. The number of nitrogens with zero attached hydrogens (tertiary/aromatic N) is 3. The summed E-state index contributed by atoms with van der Waals surface area (Å²) in [5, 5.41) is 29.0. The summed E-state index contributed by atoms with van der Waals surface area (Å²) >= 11 is 5.88. The first-order valence-corrected chi connectivity index (χ1v) is 9.24. The van der Waals surface area contributed by atoms with E-state index in [9.17, 15) is 29.8 Å². The van der Waals surface area contributed by atoms with E-state index >= 15 is 0 Å². The van der Waals surface area contributed by atoms with Crippen molar-refractivity contribution in [2.75, 3.05) is 5.32 Å². The minimum absolute atomic E-state index is 0.00286. The normalized spacial score (nSPS) is 11.0. The largest absolute Gasteiger partial charge is 0.326 e. The number of aryl methyl sites for hydroxylation is 1. The van der Waals surface area contributed by atoms with Gasteiger partial charge in [-0.3, -0.25) is 29.8 Å². The molecule has 11 nitrogen and oxygen atoms in total. The SMILES string of the molecule is C/C(CC(=O)Nc1ccc(Cl)cc1C)=N\NC(=O)Cc1ccc([N+](=O)[O-])cc1[N+](=O)[O-]. The van der Waals surface area contributed by atoms with Crippen LogP contribution in [0.1, 0.15) is 24.5 Å². The Hall–Kier alpha value is -3.86. The van der Waals surface area contributed by atoms with Crippen molar-refractivity contribution in [1.29, 1.82) is 0 Å². The zero-order valence-corrected chi connectivity index (χ0v) is 17.3. The van der Waals surface area contributed by atoms with Gasteiger partial charge in [0.05, 0.1) is 28.8 Å². The fourth-order valence-electron chi connectivity index (χ4n) is 2.59. The summed E-state index contributed by atoms with van der Waals surface area (Å²) < 4.78 is 0. The second kappa shape index (κ2) is 10.3. The Morgan fingerprint density at radius 1 is 1.06 bits per heavy atom. The molecular weight excluding hydrogens is 430 g/mol. The molecule has 0 aromatic heterocycles. The molecule has 31 heavy (non-hydrogen) atoms. The van der Waals surface area contributed by atoms with E-state index in [0.29, 0.717) is 16.4 Å². The van der Waals surface area contributed by atoms with E-state index in [1.54, 1.807) is 25.1 Å². The van der Waals surface area contributed by atoms with Crippen LogP contribution >= 0.6 is 11.6 Å². The van der Waals surface area contributed by atoms with E-state index in [0.717, 1.165) is 23.8 Å². The summed E-state index contributed by atoms with van der Waals surface area (Å²) in [6, 6.07) is 8.03. The molecule has 2 aromatic carbocycles. The number of nitro groups is 2. The minimum Gasteiger partial charge on any atom is -0.326 e. The van der Waals surface area contributed by atoms with Crippen LogP contribution in [-0.2, 0) is 16.0 Å². The maximum absolute atomic E-state index is 12.1. The van der Waals surface area contributed by atoms with Crippen LogP contribution < -0.4 is 10.7 Å². The molecule has 0 spiro atoms. The summed E-state index contributed by atoms with van der Waals surface area (Å²) in [6.45, 7) is 3.32. The predicted octanol–water partition coefficient (Wildman–Crippen LogP) is 3.53. The summed E-state index contributed by atoms with van der Waals surface area (Å²) in [5.74, 6) is -1.03. The molecule has 0 aliphatic heterocycles. The zero-order valence-electron chi connectivity index (χ0n) is 16.5. The highest BCUT2D eigenvalue weighted by atomic mass is 35.5. The molecule has 0 bridgehead atoms. The smallest absolute Gasteiger partial charge is 0.279 e. The van der Waals surface area contributed by atoms with Gasteiger partial charge in [0.15, 0.2) is 0 Å². The maximum atomic E-state index is 12.1. The zero-order chi connectivity index (χ0) is 23.1. The van der Waals surface area contributed by atoms with Gasteiger partial charge in [-0.25, -0.2) is 5.43 Å². The second-order valence-corrected chi connectivity index (χ2v) is 7.01. The first-order chi connectivity index (χ1) is 14.6. The molecule has 12 heteroatoms. The van der Waals surface area contributed by atoms with E-state index in [1.807, 2.05) is 0 Å². The van der Waals surface area contributed by atoms with Crippen LogP contribution in [0.2, 0.25) is 5.02 Å². The van der Waals surface area contributed by atoms with Crippen molar-refractivity contribution in [3.05, 3.63) is 72.8 Å². The molecule has 162 valence electrons. The van der Waals surface area contributed by atoms with E-state index in [1.165, 1.54) is 6.92 Å². The van der Waals surface area contributed by atoms with Gasteiger partial charge in [-0.1, -0.05) is 11.6 Å². The molecule has 0 fully saturated rings. The first kappa shape index (κ1) is 23.4.